The van der Waals surface area contributed by atoms with Gasteiger partial charge in [-0.15, -0.1) is 0 Å². The number of nitrogens with one attached hydrogen (secondary N) is 1. The summed E-state index contributed by atoms with van der Waals surface area (Å²) in [5, 5.41) is 10.9. The molecule has 2 amide bonds. The summed E-state index contributed by atoms with van der Waals surface area (Å²) < 4.78 is 44.9. The van der Waals surface area contributed by atoms with Crippen molar-refractivity contribution in [3.63, 3.8) is 0 Å². The van der Waals surface area contributed by atoms with Crippen molar-refractivity contribution in [2.75, 3.05) is 4.90 Å². The molecule has 0 spiro atoms. The van der Waals surface area contributed by atoms with Gasteiger partial charge in [-0.05, 0) is 60.8 Å². The lowest BCUT2D eigenvalue weighted by Gasteiger charge is -2.29. The van der Waals surface area contributed by atoms with Crippen molar-refractivity contribution in [2.24, 2.45) is 0 Å². The minimum atomic E-state index is -4.63. The Morgan fingerprint density at radius 1 is 1.06 bits per heavy atom. The second-order valence-corrected chi connectivity index (χ2v) is 7.48. The lowest BCUT2D eigenvalue weighted by atomic mass is 10.1. The molecule has 0 atom stereocenters. The third-order valence-corrected chi connectivity index (χ3v) is 5.15. The van der Waals surface area contributed by atoms with Crippen molar-refractivity contribution >= 4 is 46.9 Å². The van der Waals surface area contributed by atoms with Gasteiger partial charge in [-0.1, -0.05) is 18.2 Å². The number of carboxylic acid groups (broad SMARTS) is 1. The van der Waals surface area contributed by atoms with Gasteiger partial charge in [0, 0.05) is 5.56 Å². The molecular weight excluding hydrogens is 473 g/mol. The number of anilines is 1. The maximum atomic E-state index is 13.1. The molecule has 7 nitrogen and oxygen atoms in total. The molecule has 4 rings (SSSR count). The van der Waals surface area contributed by atoms with Crippen molar-refractivity contribution < 1.29 is 37.1 Å². The van der Waals surface area contributed by atoms with Crippen LogP contribution in [0.4, 0.5) is 18.9 Å². The number of hydrogen-bond donors (Lipinski definition) is 2. The molecular formula is C23H13F3N2O5S. The molecule has 1 aliphatic rings. The minimum Gasteiger partial charge on any atom is -0.478 e. The molecule has 2 aromatic carbocycles. The van der Waals surface area contributed by atoms with Gasteiger partial charge in [-0.25, -0.2) is 4.79 Å². The molecule has 2 heterocycles. The second-order valence-electron chi connectivity index (χ2n) is 7.09. The molecule has 172 valence electrons. The van der Waals surface area contributed by atoms with E-state index < -0.39 is 35.1 Å². The normalized spacial score (nSPS) is 15.6. The summed E-state index contributed by atoms with van der Waals surface area (Å²) in [4.78, 5) is 37.2. The van der Waals surface area contributed by atoms with Crippen LogP contribution in [0, 0.1) is 0 Å². The molecule has 2 N–H and O–H groups in total. The summed E-state index contributed by atoms with van der Waals surface area (Å²) >= 11 is 5.01. The van der Waals surface area contributed by atoms with E-state index in [0.29, 0.717) is 11.3 Å². The first-order valence-corrected chi connectivity index (χ1v) is 9.98. The Kier molecular flexibility index (Phi) is 5.80. The Morgan fingerprint density at radius 2 is 1.76 bits per heavy atom. The topological polar surface area (TPSA) is 99.9 Å². The maximum absolute atomic E-state index is 13.1. The zero-order valence-electron chi connectivity index (χ0n) is 16.9. The van der Waals surface area contributed by atoms with Gasteiger partial charge >= 0.3 is 12.1 Å². The Labute approximate surface area is 195 Å². The van der Waals surface area contributed by atoms with Gasteiger partial charge in [0.2, 0.25) is 0 Å². The fourth-order valence-corrected chi connectivity index (χ4v) is 3.50. The maximum Gasteiger partial charge on any atom is 0.416 e. The molecule has 1 fully saturated rings. The summed E-state index contributed by atoms with van der Waals surface area (Å²) in [6, 6.07) is 12.9. The number of hydrogen-bond acceptors (Lipinski definition) is 5. The summed E-state index contributed by atoms with van der Waals surface area (Å²) in [5.74, 6) is -2.37. The number of thiocarbonyl (C=S) groups is 1. The third-order valence-electron chi connectivity index (χ3n) is 4.86. The highest BCUT2D eigenvalue weighted by molar-refractivity contribution is 7.80. The number of furan rings is 1. The third kappa shape index (κ3) is 4.46. The van der Waals surface area contributed by atoms with Crippen molar-refractivity contribution in [1.29, 1.82) is 0 Å². The molecule has 0 unspecified atom stereocenters. The molecule has 1 aliphatic heterocycles. The first-order valence-electron chi connectivity index (χ1n) is 9.57. The zero-order chi connectivity index (χ0) is 24.6. The van der Waals surface area contributed by atoms with Crippen LogP contribution in [0.1, 0.15) is 21.7 Å². The SMILES string of the molecule is O=C1NC(=S)N(c2cccc(C(F)(F)F)c2)C(=O)/C1=C/c1ccc(-c2ccc(C(=O)O)cc2)o1. The fourth-order valence-electron chi connectivity index (χ4n) is 3.22. The van der Waals surface area contributed by atoms with Gasteiger partial charge in [0.1, 0.15) is 17.1 Å². The molecule has 1 aromatic heterocycles. The van der Waals surface area contributed by atoms with Gasteiger partial charge in [0.25, 0.3) is 11.8 Å². The van der Waals surface area contributed by atoms with E-state index in [9.17, 15) is 27.6 Å². The number of benzene rings is 2. The number of amides is 2. The fraction of sp³-hybridized carbons (Fsp3) is 0.0435. The van der Waals surface area contributed by atoms with Crippen LogP contribution in [0.3, 0.4) is 0 Å². The van der Waals surface area contributed by atoms with Crippen LogP contribution >= 0.6 is 12.2 Å². The van der Waals surface area contributed by atoms with Gasteiger partial charge in [0.05, 0.1) is 16.8 Å². The van der Waals surface area contributed by atoms with Crippen molar-refractivity contribution in [2.45, 2.75) is 6.18 Å². The van der Waals surface area contributed by atoms with Crippen LogP contribution < -0.4 is 10.2 Å². The van der Waals surface area contributed by atoms with Crippen molar-refractivity contribution in [1.82, 2.24) is 5.32 Å². The van der Waals surface area contributed by atoms with E-state index in [1.807, 2.05) is 0 Å². The van der Waals surface area contributed by atoms with E-state index in [1.165, 1.54) is 36.4 Å². The first-order chi connectivity index (χ1) is 16.0. The average molecular weight is 486 g/mol. The first kappa shape index (κ1) is 22.9. The van der Waals surface area contributed by atoms with Crippen molar-refractivity contribution in [3.8, 4) is 11.3 Å². The number of halogens is 3. The van der Waals surface area contributed by atoms with Crippen LogP contribution in [0.25, 0.3) is 17.4 Å². The van der Waals surface area contributed by atoms with Gasteiger partial charge in [-0.2, -0.15) is 13.2 Å². The predicted molar refractivity (Wildman–Crippen MR) is 119 cm³/mol. The van der Waals surface area contributed by atoms with Crippen LogP contribution in [0.2, 0.25) is 0 Å². The zero-order valence-corrected chi connectivity index (χ0v) is 17.7. The number of alkyl halides is 3. The standard InChI is InChI=1S/C23H13F3N2O5S/c24-23(25,26)14-2-1-3-15(10-14)28-20(30)17(19(29)27-22(28)34)11-16-8-9-18(33-16)12-4-6-13(7-5-12)21(31)32/h1-11H,(H,31,32)(H,27,29,34)/b17-11+. The monoisotopic (exact) mass is 486 g/mol. The Hall–Kier alpha value is -4.25. The molecule has 34 heavy (non-hydrogen) atoms. The molecule has 0 aliphatic carbocycles. The van der Waals surface area contributed by atoms with Gasteiger partial charge in [-0.3, -0.25) is 19.8 Å². The van der Waals surface area contributed by atoms with E-state index in [2.05, 4.69) is 5.32 Å². The van der Waals surface area contributed by atoms with Crippen LogP contribution in [0.15, 0.2) is 70.7 Å². The van der Waals surface area contributed by atoms with Gasteiger partial charge in [0.15, 0.2) is 5.11 Å². The number of nitrogens with zero attached hydrogens (tertiary/aromatic N) is 1. The smallest absolute Gasteiger partial charge is 0.416 e. The highest BCUT2D eigenvalue weighted by atomic mass is 32.1. The number of carbonyl (C=O) groups is 3. The van der Waals surface area contributed by atoms with E-state index >= 15 is 0 Å². The second kappa shape index (κ2) is 8.60. The molecule has 1 saturated heterocycles. The van der Waals surface area contributed by atoms with Crippen LogP contribution in [0.5, 0.6) is 0 Å². The minimum absolute atomic E-state index is 0.0905. The molecule has 11 heteroatoms. The summed E-state index contributed by atoms with van der Waals surface area (Å²) in [6.07, 6.45) is -3.49. The van der Waals surface area contributed by atoms with E-state index in [0.717, 1.165) is 29.2 Å². The predicted octanol–water partition coefficient (Wildman–Crippen LogP) is 4.49. The number of rotatable bonds is 4. The van der Waals surface area contributed by atoms with Crippen molar-refractivity contribution in [3.05, 3.63) is 83.1 Å². The highest BCUT2D eigenvalue weighted by Crippen LogP contribution is 2.33. The quantitative estimate of drug-likeness (QED) is 0.320. The Morgan fingerprint density at radius 3 is 2.41 bits per heavy atom. The molecule has 0 radical (unpaired) electrons. The molecule has 0 bridgehead atoms. The molecule has 0 saturated carbocycles. The number of carboxylic acids is 1. The number of carbonyl (C=O) groups excluding carboxylic acids is 2. The highest BCUT2D eigenvalue weighted by Gasteiger charge is 2.36. The van der Waals surface area contributed by atoms with E-state index in [-0.39, 0.29) is 22.1 Å². The summed E-state index contributed by atoms with van der Waals surface area (Å²) in [7, 11) is 0. The van der Waals surface area contributed by atoms with E-state index in [1.54, 1.807) is 6.07 Å². The van der Waals surface area contributed by atoms with Crippen LogP contribution in [-0.4, -0.2) is 28.0 Å². The summed E-state index contributed by atoms with van der Waals surface area (Å²) in [6.45, 7) is 0. The van der Waals surface area contributed by atoms with Crippen LogP contribution in [-0.2, 0) is 15.8 Å². The summed E-state index contributed by atoms with van der Waals surface area (Å²) in [5.41, 5.74) is -0.885. The van der Waals surface area contributed by atoms with E-state index in [4.69, 9.17) is 21.7 Å². The Bertz CT molecular complexity index is 1360. The Balaban J connectivity index is 1.65. The van der Waals surface area contributed by atoms with Gasteiger partial charge < -0.3 is 9.52 Å². The lowest BCUT2D eigenvalue weighted by Crippen LogP contribution is -2.54. The largest absolute Gasteiger partial charge is 0.478 e. The molecule has 3 aromatic rings. The lowest BCUT2D eigenvalue weighted by molar-refractivity contribution is -0.137. The average Bonchev–Trinajstić information content (AvgIpc) is 3.25. The number of aromatic carboxylic acids is 1.